The number of carbonyl (C=O) groups excluding carboxylic acids is 2. The minimum absolute atomic E-state index is 0.0180. The molecule has 1 heterocycles. The van der Waals surface area contributed by atoms with Crippen LogP contribution in [0.5, 0.6) is 0 Å². The molecule has 2 aromatic carbocycles. The third-order valence-corrected chi connectivity index (χ3v) is 5.20. The number of benzene rings is 2. The standard InChI is InChI=1S/C19H18N2O5S/c1-12-9-13-5-3-4-6-15(13)20(12)18(22)11-26-19(23)14-7-8-17(27-2)16(10-14)21(24)25/h3-8,10,12H,9,11H2,1-2H3/t12-/m0/s1. The van der Waals surface area contributed by atoms with Crippen molar-refractivity contribution in [1.82, 2.24) is 0 Å². The lowest BCUT2D eigenvalue weighted by molar-refractivity contribution is -0.387. The highest BCUT2D eigenvalue weighted by atomic mass is 32.2. The number of para-hydroxylation sites is 1. The first-order chi connectivity index (χ1) is 12.9. The highest BCUT2D eigenvalue weighted by Crippen LogP contribution is 2.32. The Morgan fingerprint density at radius 1 is 1.30 bits per heavy atom. The van der Waals surface area contributed by atoms with Gasteiger partial charge in [0.2, 0.25) is 0 Å². The summed E-state index contributed by atoms with van der Waals surface area (Å²) in [5, 5.41) is 11.1. The maximum absolute atomic E-state index is 12.6. The van der Waals surface area contributed by atoms with Gasteiger partial charge in [-0.2, -0.15) is 0 Å². The van der Waals surface area contributed by atoms with Crippen molar-refractivity contribution in [2.45, 2.75) is 24.3 Å². The van der Waals surface area contributed by atoms with Crippen LogP contribution in [0.15, 0.2) is 47.4 Å². The van der Waals surface area contributed by atoms with E-state index in [2.05, 4.69) is 0 Å². The Labute approximate surface area is 160 Å². The van der Waals surface area contributed by atoms with Crippen molar-refractivity contribution in [3.63, 3.8) is 0 Å². The molecule has 3 rings (SSSR count). The van der Waals surface area contributed by atoms with Gasteiger partial charge in [0.15, 0.2) is 6.61 Å². The summed E-state index contributed by atoms with van der Waals surface area (Å²) in [6.45, 7) is 1.51. The summed E-state index contributed by atoms with van der Waals surface area (Å²) < 4.78 is 5.11. The quantitative estimate of drug-likeness (QED) is 0.338. The molecule has 0 unspecified atom stereocenters. The number of fused-ring (bicyclic) bond motifs is 1. The van der Waals surface area contributed by atoms with Gasteiger partial charge in [0, 0.05) is 17.8 Å². The average molecular weight is 386 g/mol. The molecule has 2 aromatic rings. The SMILES string of the molecule is CSc1ccc(C(=O)OCC(=O)N2c3ccccc3C[C@@H]2C)cc1[N+](=O)[O-]. The Hall–Kier alpha value is -2.87. The van der Waals surface area contributed by atoms with Gasteiger partial charge in [0.05, 0.1) is 15.4 Å². The Bertz CT molecular complexity index is 915. The summed E-state index contributed by atoms with van der Waals surface area (Å²) in [6.07, 6.45) is 2.46. The van der Waals surface area contributed by atoms with Gasteiger partial charge in [-0.1, -0.05) is 18.2 Å². The van der Waals surface area contributed by atoms with E-state index in [1.54, 1.807) is 11.2 Å². The third-order valence-electron chi connectivity index (χ3n) is 4.41. The number of esters is 1. The number of thioether (sulfide) groups is 1. The molecule has 0 radical (unpaired) electrons. The summed E-state index contributed by atoms with van der Waals surface area (Å²) in [6, 6.07) is 11.7. The lowest BCUT2D eigenvalue weighted by Crippen LogP contribution is -2.38. The second-order valence-electron chi connectivity index (χ2n) is 6.17. The molecule has 0 N–H and O–H groups in total. The van der Waals surface area contributed by atoms with E-state index in [4.69, 9.17) is 4.74 Å². The number of nitro groups is 1. The van der Waals surface area contributed by atoms with Crippen molar-refractivity contribution < 1.29 is 19.2 Å². The van der Waals surface area contributed by atoms with Crippen LogP contribution in [0.2, 0.25) is 0 Å². The van der Waals surface area contributed by atoms with Crippen molar-refractivity contribution in [3.05, 3.63) is 63.7 Å². The summed E-state index contributed by atoms with van der Waals surface area (Å²) in [4.78, 5) is 37.5. The number of ether oxygens (including phenoxy) is 1. The van der Waals surface area contributed by atoms with Gasteiger partial charge < -0.3 is 9.64 Å². The van der Waals surface area contributed by atoms with Crippen LogP contribution in [0.1, 0.15) is 22.8 Å². The van der Waals surface area contributed by atoms with Crippen molar-refractivity contribution in [2.24, 2.45) is 0 Å². The van der Waals surface area contributed by atoms with Crippen LogP contribution in [-0.4, -0.2) is 35.7 Å². The van der Waals surface area contributed by atoms with Gasteiger partial charge in [-0.3, -0.25) is 14.9 Å². The zero-order valence-electron chi connectivity index (χ0n) is 14.9. The third kappa shape index (κ3) is 3.80. The number of hydrogen-bond acceptors (Lipinski definition) is 6. The first-order valence-electron chi connectivity index (χ1n) is 8.32. The largest absolute Gasteiger partial charge is 0.452 e. The Kier molecular flexibility index (Phi) is 5.46. The molecule has 0 aromatic heterocycles. The van der Waals surface area contributed by atoms with Crippen LogP contribution in [0.4, 0.5) is 11.4 Å². The molecule has 0 aliphatic carbocycles. The topological polar surface area (TPSA) is 89.8 Å². The number of nitrogens with zero attached hydrogens (tertiary/aromatic N) is 2. The molecule has 27 heavy (non-hydrogen) atoms. The highest BCUT2D eigenvalue weighted by Gasteiger charge is 2.31. The fourth-order valence-corrected chi connectivity index (χ4v) is 3.73. The minimum atomic E-state index is -0.765. The molecule has 0 fully saturated rings. The second kappa shape index (κ2) is 7.79. The zero-order chi connectivity index (χ0) is 19.6. The molecule has 8 heteroatoms. The lowest BCUT2D eigenvalue weighted by atomic mass is 10.1. The van der Waals surface area contributed by atoms with E-state index >= 15 is 0 Å². The fourth-order valence-electron chi connectivity index (χ4n) is 3.19. The summed E-state index contributed by atoms with van der Waals surface area (Å²) >= 11 is 1.22. The Morgan fingerprint density at radius 2 is 2.04 bits per heavy atom. The molecule has 1 amide bonds. The predicted molar refractivity (Wildman–Crippen MR) is 102 cm³/mol. The van der Waals surface area contributed by atoms with Gasteiger partial charge >= 0.3 is 5.97 Å². The zero-order valence-corrected chi connectivity index (χ0v) is 15.7. The Balaban J connectivity index is 1.70. The molecule has 0 bridgehead atoms. The molecular formula is C19H18N2O5S. The van der Waals surface area contributed by atoms with Crippen molar-refractivity contribution >= 4 is 35.0 Å². The summed E-state index contributed by atoms with van der Waals surface area (Å²) in [7, 11) is 0. The van der Waals surface area contributed by atoms with E-state index in [0.717, 1.165) is 17.7 Å². The number of carbonyl (C=O) groups is 2. The number of rotatable bonds is 5. The molecule has 140 valence electrons. The van der Waals surface area contributed by atoms with Gasteiger partial charge in [0.25, 0.3) is 11.6 Å². The molecule has 0 saturated carbocycles. The normalized spacial score (nSPS) is 15.3. The molecule has 0 spiro atoms. The maximum Gasteiger partial charge on any atom is 0.338 e. The maximum atomic E-state index is 12.6. The molecule has 7 nitrogen and oxygen atoms in total. The molecule has 1 atom stereocenters. The first-order valence-corrected chi connectivity index (χ1v) is 9.54. The van der Waals surface area contributed by atoms with E-state index in [1.165, 1.54) is 30.0 Å². The van der Waals surface area contributed by atoms with Gasteiger partial charge in [-0.05, 0) is 43.4 Å². The van der Waals surface area contributed by atoms with Gasteiger partial charge in [0.1, 0.15) is 0 Å². The van der Waals surface area contributed by atoms with E-state index in [0.29, 0.717) is 4.90 Å². The minimum Gasteiger partial charge on any atom is -0.452 e. The molecule has 0 saturated heterocycles. The predicted octanol–water partition coefficient (Wildman–Crippen LogP) is 3.45. The molecular weight excluding hydrogens is 368 g/mol. The van der Waals surface area contributed by atoms with Crippen LogP contribution >= 0.6 is 11.8 Å². The van der Waals surface area contributed by atoms with E-state index in [1.807, 2.05) is 31.2 Å². The van der Waals surface area contributed by atoms with Crippen LogP contribution in [0, 0.1) is 10.1 Å². The highest BCUT2D eigenvalue weighted by molar-refractivity contribution is 7.98. The van der Waals surface area contributed by atoms with Gasteiger partial charge in [-0.25, -0.2) is 4.79 Å². The van der Waals surface area contributed by atoms with Gasteiger partial charge in [-0.15, -0.1) is 11.8 Å². The van der Waals surface area contributed by atoms with Crippen molar-refractivity contribution in [3.8, 4) is 0 Å². The lowest BCUT2D eigenvalue weighted by Gasteiger charge is -2.22. The number of amides is 1. The van der Waals surface area contributed by atoms with E-state index < -0.39 is 17.5 Å². The monoisotopic (exact) mass is 386 g/mol. The smallest absolute Gasteiger partial charge is 0.338 e. The van der Waals surface area contributed by atoms with Crippen LogP contribution in [-0.2, 0) is 16.0 Å². The number of anilines is 1. The number of nitro benzene ring substituents is 1. The summed E-state index contributed by atoms with van der Waals surface area (Å²) in [5.41, 5.74) is 1.78. The molecule has 1 aliphatic heterocycles. The first kappa shape index (κ1) is 18.9. The van der Waals surface area contributed by atoms with E-state index in [9.17, 15) is 19.7 Å². The van der Waals surface area contributed by atoms with E-state index in [-0.39, 0.29) is 23.2 Å². The van der Waals surface area contributed by atoms with Crippen molar-refractivity contribution in [2.75, 3.05) is 17.8 Å². The number of hydrogen-bond donors (Lipinski definition) is 0. The Morgan fingerprint density at radius 3 is 2.74 bits per heavy atom. The van der Waals surface area contributed by atoms with Crippen LogP contribution in [0.25, 0.3) is 0 Å². The van der Waals surface area contributed by atoms with Crippen molar-refractivity contribution in [1.29, 1.82) is 0 Å². The average Bonchev–Trinajstić information content (AvgIpc) is 3.00. The van der Waals surface area contributed by atoms with Crippen LogP contribution < -0.4 is 4.90 Å². The second-order valence-corrected chi connectivity index (χ2v) is 7.01. The molecule has 1 aliphatic rings. The van der Waals surface area contributed by atoms with Crippen LogP contribution in [0.3, 0.4) is 0 Å². The fraction of sp³-hybridized carbons (Fsp3) is 0.263. The summed E-state index contributed by atoms with van der Waals surface area (Å²) in [5.74, 6) is -1.09.